The highest BCUT2D eigenvalue weighted by molar-refractivity contribution is 5.82. The summed E-state index contributed by atoms with van der Waals surface area (Å²) in [4.78, 5) is 21.7. The molecule has 0 saturated carbocycles. The molecule has 2 N–H and O–H groups in total. The highest BCUT2D eigenvalue weighted by Crippen LogP contribution is 2.34. The quantitative estimate of drug-likeness (QED) is 0.638. The van der Waals surface area contributed by atoms with E-state index in [1.807, 2.05) is 0 Å². The van der Waals surface area contributed by atoms with E-state index in [-0.39, 0.29) is 18.9 Å². The molecule has 0 aliphatic carbocycles. The van der Waals surface area contributed by atoms with E-state index in [4.69, 9.17) is 9.47 Å². The van der Waals surface area contributed by atoms with Gasteiger partial charge in [0.2, 0.25) is 0 Å². The smallest absolute Gasteiger partial charge is 0.376 e. The lowest BCUT2D eigenvalue weighted by Gasteiger charge is -2.22. The van der Waals surface area contributed by atoms with Gasteiger partial charge in [-0.2, -0.15) is 13.2 Å². The predicted octanol–water partition coefficient (Wildman–Crippen LogP) is 1.47. The average molecular weight is 335 g/mol. The zero-order valence-electron chi connectivity index (χ0n) is 11.6. The lowest BCUT2D eigenvalue weighted by atomic mass is 10.1. The Balaban J connectivity index is 2.09. The van der Waals surface area contributed by atoms with Crippen molar-refractivity contribution >= 4 is 17.3 Å². The number of nitro groups is 1. The number of carbonyl (C=O) groups excluding carboxylic acids is 1. The molecule has 8 nitrogen and oxygen atoms in total. The van der Waals surface area contributed by atoms with Crippen LogP contribution in [0.3, 0.4) is 0 Å². The van der Waals surface area contributed by atoms with Gasteiger partial charge in [0, 0.05) is 6.07 Å². The second kappa shape index (κ2) is 6.79. The van der Waals surface area contributed by atoms with Crippen LogP contribution in [0.15, 0.2) is 18.2 Å². The van der Waals surface area contributed by atoms with Crippen LogP contribution in [-0.4, -0.2) is 36.8 Å². The number of halogens is 3. The van der Waals surface area contributed by atoms with Gasteiger partial charge in [-0.1, -0.05) is 0 Å². The first-order chi connectivity index (χ1) is 10.8. The maximum Gasteiger partial charge on any atom is 0.416 e. The Kier molecular flexibility index (Phi) is 5.01. The maximum atomic E-state index is 12.6. The summed E-state index contributed by atoms with van der Waals surface area (Å²) >= 11 is 0. The monoisotopic (exact) mass is 335 g/mol. The van der Waals surface area contributed by atoms with E-state index in [0.29, 0.717) is 18.7 Å². The molecule has 1 amide bonds. The summed E-state index contributed by atoms with van der Waals surface area (Å²) in [5, 5.41) is 10.9. The number of benzene rings is 1. The molecule has 0 bridgehead atoms. The molecule has 2 rings (SSSR count). The first-order valence-electron chi connectivity index (χ1n) is 6.40. The second-order valence-corrected chi connectivity index (χ2v) is 4.54. The Hall–Kier alpha value is -2.40. The van der Waals surface area contributed by atoms with Crippen molar-refractivity contribution in [1.29, 1.82) is 0 Å². The van der Waals surface area contributed by atoms with Crippen LogP contribution in [-0.2, 0) is 20.4 Å². The molecular formula is C12H12F3N3O5. The SMILES string of the molecule is O=C(NNc1ccc(C(F)(F)F)cc1[N+](=O)[O-])[C@@H]1COCCO1. The standard InChI is InChI=1S/C12H12F3N3O5/c13-12(14,15)7-1-2-8(9(5-7)18(20)21)16-17-11(19)10-6-22-3-4-23-10/h1-2,5,10,16H,3-4,6H2,(H,17,19)/t10-/m0/s1. The van der Waals surface area contributed by atoms with Crippen molar-refractivity contribution in [2.24, 2.45) is 0 Å². The van der Waals surface area contributed by atoms with Crippen molar-refractivity contribution in [3.63, 3.8) is 0 Å². The number of nitrogens with zero attached hydrogens (tertiary/aromatic N) is 1. The summed E-state index contributed by atoms with van der Waals surface area (Å²) in [6.07, 6.45) is -5.61. The van der Waals surface area contributed by atoms with Crippen LogP contribution >= 0.6 is 0 Å². The molecule has 11 heteroatoms. The minimum atomic E-state index is -4.71. The molecule has 1 heterocycles. The van der Waals surface area contributed by atoms with E-state index in [1.165, 1.54) is 0 Å². The van der Waals surface area contributed by atoms with Gasteiger partial charge in [0.15, 0.2) is 6.10 Å². The van der Waals surface area contributed by atoms with Crippen LogP contribution in [0.4, 0.5) is 24.5 Å². The number of carbonyl (C=O) groups is 1. The van der Waals surface area contributed by atoms with Crippen molar-refractivity contribution in [3.8, 4) is 0 Å². The van der Waals surface area contributed by atoms with E-state index < -0.39 is 34.4 Å². The van der Waals surface area contributed by atoms with Crippen LogP contribution in [0.25, 0.3) is 0 Å². The van der Waals surface area contributed by atoms with Gasteiger partial charge in [-0.25, -0.2) is 0 Å². The van der Waals surface area contributed by atoms with Crippen molar-refractivity contribution in [2.45, 2.75) is 12.3 Å². The molecule has 1 aliphatic heterocycles. The number of nitrogens with one attached hydrogen (secondary N) is 2. The van der Waals surface area contributed by atoms with Gasteiger partial charge in [-0.05, 0) is 12.1 Å². The molecule has 0 radical (unpaired) electrons. The van der Waals surface area contributed by atoms with Crippen molar-refractivity contribution in [3.05, 3.63) is 33.9 Å². The third kappa shape index (κ3) is 4.29. The topological polar surface area (TPSA) is 103 Å². The van der Waals surface area contributed by atoms with Gasteiger partial charge in [-0.3, -0.25) is 25.8 Å². The van der Waals surface area contributed by atoms with E-state index in [1.54, 1.807) is 0 Å². The molecule has 23 heavy (non-hydrogen) atoms. The zero-order valence-corrected chi connectivity index (χ0v) is 11.6. The fourth-order valence-corrected chi connectivity index (χ4v) is 1.81. The lowest BCUT2D eigenvalue weighted by Crippen LogP contribution is -2.44. The molecule has 126 valence electrons. The highest BCUT2D eigenvalue weighted by Gasteiger charge is 2.33. The van der Waals surface area contributed by atoms with Crippen LogP contribution in [0.5, 0.6) is 0 Å². The Morgan fingerprint density at radius 3 is 2.65 bits per heavy atom. The minimum Gasteiger partial charge on any atom is -0.376 e. The van der Waals surface area contributed by atoms with Crippen molar-refractivity contribution in [2.75, 3.05) is 25.2 Å². The van der Waals surface area contributed by atoms with Crippen molar-refractivity contribution in [1.82, 2.24) is 5.43 Å². The minimum absolute atomic E-state index is 0.0165. The summed E-state index contributed by atoms with van der Waals surface area (Å²) in [6, 6.07) is 1.91. The molecule has 0 aromatic heterocycles. The van der Waals surface area contributed by atoms with Crippen LogP contribution < -0.4 is 10.9 Å². The number of anilines is 1. The Labute approximate surface area is 127 Å². The van der Waals surface area contributed by atoms with Crippen LogP contribution in [0.1, 0.15) is 5.56 Å². The third-order valence-electron chi connectivity index (χ3n) is 2.95. The van der Waals surface area contributed by atoms with Crippen LogP contribution in [0.2, 0.25) is 0 Å². The molecule has 1 saturated heterocycles. The summed E-state index contributed by atoms with van der Waals surface area (Å²) in [5.41, 5.74) is 2.10. The summed E-state index contributed by atoms with van der Waals surface area (Å²) in [6.45, 7) is 0.586. The van der Waals surface area contributed by atoms with E-state index in [0.717, 1.165) is 6.07 Å². The molecule has 0 spiro atoms. The average Bonchev–Trinajstić information content (AvgIpc) is 2.52. The number of ether oxygens (including phenoxy) is 2. The lowest BCUT2D eigenvalue weighted by molar-refractivity contribution is -0.384. The number of amides is 1. The molecule has 1 aromatic rings. The van der Waals surface area contributed by atoms with E-state index >= 15 is 0 Å². The van der Waals surface area contributed by atoms with Gasteiger partial charge in [0.1, 0.15) is 5.69 Å². The van der Waals surface area contributed by atoms with Gasteiger partial charge in [0.05, 0.1) is 30.3 Å². The number of hydrazine groups is 1. The number of hydrogen-bond donors (Lipinski definition) is 2. The van der Waals surface area contributed by atoms with E-state index in [9.17, 15) is 28.1 Å². The Morgan fingerprint density at radius 1 is 1.35 bits per heavy atom. The molecule has 0 unspecified atom stereocenters. The maximum absolute atomic E-state index is 12.6. The predicted molar refractivity (Wildman–Crippen MR) is 70.4 cm³/mol. The number of nitro benzene ring substituents is 1. The van der Waals surface area contributed by atoms with Crippen molar-refractivity contribution < 1.29 is 32.4 Å². The highest BCUT2D eigenvalue weighted by atomic mass is 19.4. The fraction of sp³-hybridized carbons (Fsp3) is 0.417. The fourth-order valence-electron chi connectivity index (χ4n) is 1.81. The normalized spacial score (nSPS) is 18.3. The molecule has 1 aromatic carbocycles. The van der Waals surface area contributed by atoms with Crippen LogP contribution in [0, 0.1) is 10.1 Å². The van der Waals surface area contributed by atoms with Gasteiger partial charge in [-0.15, -0.1) is 0 Å². The number of hydrogen-bond acceptors (Lipinski definition) is 6. The number of alkyl halides is 3. The molecule has 1 atom stereocenters. The largest absolute Gasteiger partial charge is 0.416 e. The number of rotatable bonds is 4. The first kappa shape index (κ1) is 17.0. The van der Waals surface area contributed by atoms with E-state index in [2.05, 4.69) is 10.9 Å². The third-order valence-corrected chi connectivity index (χ3v) is 2.95. The van der Waals surface area contributed by atoms with Gasteiger partial charge >= 0.3 is 6.18 Å². The summed E-state index contributed by atoms with van der Waals surface area (Å²) in [5.74, 6) is -0.654. The Bertz CT molecular complexity index is 602. The molecule has 1 aliphatic rings. The first-order valence-corrected chi connectivity index (χ1v) is 6.40. The Morgan fingerprint density at radius 2 is 2.09 bits per heavy atom. The van der Waals surface area contributed by atoms with Gasteiger partial charge in [0.25, 0.3) is 11.6 Å². The van der Waals surface area contributed by atoms with Gasteiger partial charge < -0.3 is 9.47 Å². The zero-order chi connectivity index (χ0) is 17.0. The summed E-state index contributed by atoms with van der Waals surface area (Å²) < 4.78 is 47.9. The second-order valence-electron chi connectivity index (χ2n) is 4.54. The summed E-state index contributed by atoms with van der Waals surface area (Å²) in [7, 11) is 0. The molecular weight excluding hydrogens is 323 g/mol. The molecule has 1 fully saturated rings.